The first-order chi connectivity index (χ1) is 12.2. The maximum Gasteiger partial charge on any atom is 0.226 e. The highest BCUT2D eigenvalue weighted by Gasteiger charge is 2.44. The Morgan fingerprint density at radius 1 is 1.36 bits per heavy atom. The Kier molecular flexibility index (Phi) is 4.50. The molecule has 2 saturated heterocycles. The smallest absolute Gasteiger partial charge is 0.226 e. The van der Waals surface area contributed by atoms with Crippen LogP contribution in [0.2, 0.25) is 0 Å². The number of aromatic nitrogens is 3. The van der Waals surface area contributed by atoms with Gasteiger partial charge in [-0.3, -0.25) is 19.4 Å². The molecule has 0 saturated carbocycles. The van der Waals surface area contributed by atoms with Crippen LogP contribution in [0.5, 0.6) is 0 Å². The van der Waals surface area contributed by atoms with Gasteiger partial charge in [0.25, 0.3) is 0 Å². The van der Waals surface area contributed by atoms with Gasteiger partial charge in [0.2, 0.25) is 5.91 Å². The number of hydrogen-bond donors (Lipinski definition) is 1. The molecule has 2 fully saturated rings. The van der Waals surface area contributed by atoms with Gasteiger partial charge in [-0.15, -0.1) is 0 Å². The van der Waals surface area contributed by atoms with Crippen LogP contribution in [0.3, 0.4) is 0 Å². The Hall–Kier alpha value is -2.25. The average Bonchev–Trinajstić information content (AvgIpc) is 3.16. The van der Waals surface area contributed by atoms with Crippen LogP contribution in [0.15, 0.2) is 36.9 Å². The predicted octanol–water partition coefficient (Wildman–Crippen LogP) is 0.721. The summed E-state index contributed by atoms with van der Waals surface area (Å²) in [6.45, 7) is 3.03. The summed E-state index contributed by atoms with van der Waals surface area (Å²) >= 11 is 0. The molecule has 0 unspecified atom stereocenters. The highest BCUT2D eigenvalue weighted by Crippen LogP contribution is 2.32. The molecule has 132 valence electrons. The highest BCUT2D eigenvalue weighted by atomic mass is 16.5. The minimum absolute atomic E-state index is 0.0238. The van der Waals surface area contributed by atoms with Crippen LogP contribution >= 0.6 is 0 Å². The maximum atomic E-state index is 12.6. The number of carbonyl (C=O) groups is 1. The molecule has 2 aromatic rings. The van der Waals surface area contributed by atoms with E-state index in [1.807, 2.05) is 36.3 Å². The zero-order chi connectivity index (χ0) is 17.2. The molecule has 1 N–H and O–H groups in total. The van der Waals surface area contributed by atoms with Gasteiger partial charge in [0.15, 0.2) is 0 Å². The topological polar surface area (TPSA) is 72.3 Å². The fraction of sp³-hybridized carbons (Fsp3) is 0.500. The van der Waals surface area contributed by atoms with Gasteiger partial charge in [0.05, 0.1) is 24.3 Å². The number of aryl methyl sites for hydroxylation is 1. The Bertz CT molecular complexity index is 732. The second-order valence-electron chi connectivity index (χ2n) is 6.93. The monoisotopic (exact) mass is 341 g/mol. The van der Waals surface area contributed by atoms with Crippen LogP contribution in [0.25, 0.3) is 0 Å². The van der Waals surface area contributed by atoms with E-state index in [1.54, 1.807) is 12.4 Å². The molecule has 4 rings (SSSR count). The van der Waals surface area contributed by atoms with Gasteiger partial charge in [-0.2, -0.15) is 5.10 Å². The summed E-state index contributed by atoms with van der Waals surface area (Å²) in [5.74, 6) is 0.0140. The number of nitrogens with zero attached hydrogens (tertiary/aromatic N) is 4. The Labute approximate surface area is 147 Å². The van der Waals surface area contributed by atoms with Crippen LogP contribution in [0, 0.1) is 5.92 Å². The van der Waals surface area contributed by atoms with Crippen LogP contribution in [0.4, 0.5) is 0 Å². The van der Waals surface area contributed by atoms with E-state index in [2.05, 4.69) is 20.3 Å². The van der Waals surface area contributed by atoms with Crippen molar-refractivity contribution in [1.29, 1.82) is 0 Å². The van der Waals surface area contributed by atoms with Crippen molar-refractivity contribution in [1.82, 2.24) is 25.0 Å². The van der Waals surface area contributed by atoms with Gasteiger partial charge < -0.3 is 10.1 Å². The number of nitrogens with one attached hydrogen (secondary N) is 1. The lowest BCUT2D eigenvalue weighted by molar-refractivity contribution is -0.128. The molecule has 1 amide bonds. The summed E-state index contributed by atoms with van der Waals surface area (Å²) < 4.78 is 7.84. The number of rotatable bonds is 5. The summed E-state index contributed by atoms with van der Waals surface area (Å²) in [5.41, 5.74) is 2.21. The van der Waals surface area contributed by atoms with E-state index >= 15 is 0 Å². The molecule has 3 atom stereocenters. The summed E-state index contributed by atoms with van der Waals surface area (Å²) in [6.07, 6.45) is 8.36. The van der Waals surface area contributed by atoms with Crippen molar-refractivity contribution >= 4 is 5.91 Å². The molecule has 0 spiro atoms. The van der Waals surface area contributed by atoms with Crippen LogP contribution in [-0.4, -0.2) is 50.9 Å². The normalized spacial score (nSPS) is 25.9. The van der Waals surface area contributed by atoms with Gasteiger partial charge in [0, 0.05) is 57.4 Å². The zero-order valence-electron chi connectivity index (χ0n) is 14.3. The van der Waals surface area contributed by atoms with Gasteiger partial charge in [-0.1, -0.05) is 6.07 Å². The van der Waals surface area contributed by atoms with E-state index < -0.39 is 0 Å². The van der Waals surface area contributed by atoms with E-state index in [-0.39, 0.29) is 24.0 Å². The lowest BCUT2D eigenvalue weighted by Crippen LogP contribution is -2.44. The van der Waals surface area contributed by atoms with Crippen molar-refractivity contribution in [2.24, 2.45) is 13.0 Å². The number of fused-ring (bicyclic) bond motifs is 2. The Morgan fingerprint density at radius 2 is 2.28 bits per heavy atom. The number of ether oxygens (including phenoxy) is 1. The maximum absolute atomic E-state index is 12.6. The zero-order valence-corrected chi connectivity index (χ0v) is 14.3. The van der Waals surface area contributed by atoms with Crippen molar-refractivity contribution in [3.05, 3.63) is 48.0 Å². The molecule has 2 aromatic heterocycles. The molecule has 2 aliphatic heterocycles. The first kappa shape index (κ1) is 16.2. The van der Waals surface area contributed by atoms with E-state index in [1.165, 1.54) is 5.56 Å². The molecule has 0 aliphatic carbocycles. The minimum Gasteiger partial charge on any atom is -0.371 e. The molecule has 0 radical (unpaired) electrons. The molecular weight excluding hydrogens is 318 g/mol. The number of carbonyl (C=O) groups excluding carboxylic acids is 1. The number of hydrogen-bond acceptors (Lipinski definition) is 5. The van der Waals surface area contributed by atoms with E-state index in [4.69, 9.17) is 4.74 Å². The third kappa shape index (κ3) is 3.72. The Morgan fingerprint density at radius 3 is 3.04 bits per heavy atom. The summed E-state index contributed by atoms with van der Waals surface area (Å²) in [7, 11) is 1.93. The minimum atomic E-state index is -0.0689. The van der Waals surface area contributed by atoms with Gasteiger partial charge >= 0.3 is 0 Å². The molecule has 4 heterocycles. The molecule has 2 aliphatic rings. The molecule has 25 heavy (non-hydrogen) atoms. The average molecular weight is 341 g/mol. The Balaban J connectivity index is 1.33. The van der Waals surface area contributed by atoms with Crippen LogP contribution < -0.4 is 5.32 Å². The van der Waals surface area contributed by atoms with Crippen molar-refractivity contribution in [3.8, 4) is 0 Å². The molecule has 7 heteroatoms. The van der Waals surface area contributed by atoms with Crippen LogP contribution in [-0.2, 0) is 29.7 Å². The van der Waals surface area contributed by atoms with Crippen LogP contribution in [0.1, 0.15) is 17.5 Å². The first-order valence-electron chi connectivity index (χ1n) is 8.69. The highest BCUT2D eigenvalue weighted by molar-refractivity contribution is 5.79. The van der Waals surface area contributed by atoms with E-state index in [9.17, 15) is 4.79 Å². The van der Waals surface area contributed by atoms with Crippen molar-refractivity contribution < 1.29 is 9.53 Å². The summed E-state index contributed by atoms with van der Waals surface area (Å²) in [6, 6.07) is 3.84. The fourth-order valence-corrected chi connectivity index (χ4v) is 3.78. The van der Waals surface area contributed by atoms with Gasteiger partial charge in [0.1, 0.15) is 0 Å². The predicted molar refractivity (Wildman–Crippen MR) is 91.3 cm³/mol. The third-order valence-corrected chi connectivity index (χ3v) is 4.92. The number of pyridine rings is 1. The lowest BCUT2D eigenvalue weighted by Gasteiger charge is -2.32. The molecule has 0 aromatic carbocycles. The molecule has 7 nitrogen and oxygen atoms in total. The summed E-state index contributed by atoms with van der Waals surface area (Å²) in [4.78, 5) is 19.0. The standard InChI is InChI=1S/C18H23N5O2/c1-22-9-14(8-21-22)10-23-11-15-5-16(17(12-23)25-15)18(24)20-7-13-3-2-4-19-6-13/h2-4,6,8-9,15-17H,5,7,10-12H2,1H3,(H,20,24)/t15-,16+,17-/m1/s1. The van der Waals surface area contributed by atoms with Gasteiger partial charge in [-0.05, 0) is 18.1 Å². The quantitative estimate of drug-likeness (QED) is 0.868. The molecular formula is C18H23N5O2. The van der Waals surface area contributed by atoms with Crippen molar-refractivity contribution in [2.75, 3.05) is 13.1 Å². The van der Waals surface area contributed by atoms with Crippen molar-refractivity contribution in [2.45, 2.75) is 31.7 Å². The first-order valence-corrected chi connectivity index (χ1v) is 8.69. The van der Waals surface area contributed by atoms with E-state index in [0.717, 1.165) is 31.6 Å². The van der Waals surface area contributed by atoms with Gasteiger partial charge in [-0.25, -0.2) is 0 Å². The van der Waals surface area contributed by atoms with Crippen molar-refractivity contribution in [3.63, 3.8) is 0 Å². The second kappa shape index (κ2) is 6.93. The third-order valence-electron chi connectivity index (χ3n) is 4.92. The lowest BCUT2D eigenvalue weighted by atomic mass is 9.99. The SMILES string of the molecule is Cn1cc(CN2C[C@H]3C[C@H](C(=O)NCc4cccnc4)[C@@H](C2)O3)cn1. The number of amides is 1. The molecule has 2 bridgehead atoms. The largest absolute Gasteiger partial charge is 0.371 e. The number of morpholine rings is 1. The fourth-order valence-electron chi connectivity index (χ4n) is 3.78. The summed E-state index contributed by atoms with van der Waals surface area (Å²) in [5, 5.41) is 7.25. The second-order valence-corrected chi connectivity index (χ2v) is 6.93. The number of likely N-dealkylation sites (tertiary alicyclic amines) is 1. The van der Waals surface area contributed by atoms with E-state index in [0.29, 0.717) is 6.54 Å².